The second-order valence-corrected chi connectivity index (χ2v) is 9.88. The molecule has 2 aliphatic rings. The van der Waals surface area contributed by atoms with Crippen LogP contribution in [0.3, 0.4) is 0 Å². The number of rotatable bonds is 5. The number of piperidine rings is 1. The van der Waals surface area contributed by atoms with Gasteiger partial charge in [0.05, 0.1) is 5.69 Å². The van der Waals surface area contributed by atoms with E-state index in [9.17, 15) is 4.79 Å². The second-order valence-electron chi connectivity index (χ2n) is 8.96. The fourth-order valence-corrected chi connectivity index (χ4v) is 5.12. The van der Waals surface area contributed by atoms with Crippen LogP contribution in [0.4, 0.5) is 0 Å². The van der Waals surface area contributed by atoms with E-state index >= 15 is 0 Å². The van der Waals surface area contributed by atoms with Gasteiger partial charge in [-0.05, 0) is 69.8 Å². The molecule has 0 unspecified atom stereocenters. The van der Waals surface area contributed by atoms with E-state index < -0.39 is 0 Å². The molecule has 0 bridgehead atoms. The van der Waals surface area contributed by atoms with Crippen molar-refractivity contribution < 1.29 is 9.21 Å². The summed E-state index contributed by atoms with van der Waals surface area (Å²) < 4.78 is 6.94. The number of nitrogens with one attached hydrogen (secondary N) is 1. The number of hydrogen-bond acceptors (Lipinski definition) is 4. The van der Waals surface area contributed by atoms with Gasteiger partial charge < -0.3 is 9.73 Å². The molecular formula is C24H32BrN3O2. The monoisotopic (exact) mass is 473 g/mol. The van der Waals surface area contributed by atoms with Crippen LogP contribution < -0.4 is 5.32 Å². The van der Waals surface area contributed by atoms with Gasteiger partial charge in [-0.15, -0.1) is 0 Å². The fraction of sp³-hybridized carbons (Fsp3) is 0.583. The molecule has 1 aliphatic carbocycles. The van der Waals surface area contributed by atoms with Gasteiger partial charge in [-0.1, -0.05) is 41.8 Å². The van der Waals surface area contributed by atoms with Gasteiger partial charge in [0.1, 0.15) is 5.76 Å². The smallest absolute Gasteiger partial charge is 0.226 e. The van der Waals surface area contributed by atoms with Crippen LogP contribution in [0.5, 0.6) is 0 Å². The van der Waals surface area contributed by atoms with Crippen molar-refractivity contribution in [2.45, 2.75) is 65.0 Å². The Morgan fingerprint density at radius 1 is 1.23 bits per heavy atom. The van der Waals surface area contributed by atoms with Crippen LogP contribution in [0.25, 0.3) is 11.5 Å². The van der Waals surface area contributed by atoms with E-state index in [1.54, 1.807) is 0 Å². The van der Waals surface area contributed by atoms with Crippen LogP contribution in [0.2, 0.25) is 0 Å². The van der Waals surface area contributed by atoms with E-state index in [0.717, 1.165) is 60.4 Å². The molecule has 6 heteroatoms. The van der Waals surface area contributed by atoms with Gasteiger partial charge in [0, 0.05) is 28.5 Å². The van der Waals surface area contributed by atoms with Crippen LogP contribution in [0, 0.1) is 18.8 Å². The Balaban J connectivity index is 1.30. The Morgan fingerprint density at radius 2 is 2.00 bits per heavy atom. The number of amides is 1. The van der Waals surface area contributed by atoms with E-state index in [2.05, 4.69) is 33.1 Å². The molecule has 2 fully saturated rings. The van der Waals surface area contributed by atoms with Crippen LogP contribution in [-0.2, 0) is 11.3 Å². The summed E-state index contributed by atoms with van der Waals surface area (Å²) in [5.74, 6) is 2.56. The number of halogens is 1. The number of hydrogen-bond donors (Lipinski definition) is 1. The Labute approximate surface area is 187 Å². The molecule has 30 heavy (non-hydrogen) atoms. The Kier molecular flexibility index (Phi) is 6.94. The predicted molar refractivity (Wildman–Crippen MR) is 122 cm³/mol. The first-order valence-electron chi connectivity index (χ1n) is 11.2. The maximum Gasteiger partial charge on any atom is 0.226 e. The highest BCUT2D eigenvalue weighted by molar-refractivity contribution is 9.10. The summed E-state index contributed by atoms with van der Waals surface area (Å²) in [6.45, 7) is 6.88. The van der Waals surface area contributed by atoms with Gasteiger partial charge in [-0.3, -0.25) is 9.69 Å². The average Bonchev–Trinajstić information content (AvgIpc) is 3.10. The largest absolute Gasteiger partial charge is 0.441 e. The Bertz CT molecular complexity index is 873. The lowest BCUT2D eigenvalue weighted by Crippen LogP contribution is -2.46. The summed E-state index contributed by atoms with van der Waals surface area (Å²) in [5, 5.41) is 3.35. The maximum absolute atomic E-state index is 12.8. The van der Waals surface area contributed by atoms with E-state index in [-0.39, 0.29) is 11.8 Å². The van der Waals surface area contributed by atoms with E-state index in [0.29, 0.717) is 17.9 Å². The summed E-state index contributed by atoms with van der Waals surface area (Å²) in [6, 6.07) is 8.39. The molecule has 2 aromatic rings. The number of likely N-dealkylation sites (tertiary alicyclic amines) is 1. The summed E-state index contributed by atoms with van der Waals surface area (Å²) >= 11 is 3.51. The molecule has 1 N–H and O–H groups in total. The molecule has 5 nitrogen and oxygen atoms in total. The number of aryl methyl sites for hydroxylation is 1. The highest BCUT2D eigenvalue weighted by Crippen LogP contribution is 2.27. The minimum Gasteiger partial charge on any atom is -0.441 e. The number of carbonyl (C=O) groups is 1. The van der Waals surface area contributed by atoms with Crippen molar-refractivity contribution in [1.29, 1.82) is 0 Å². The third-order valence-corrected chi connectivity index (χ3v) is 7.23. The van der Waals surface area contributed by atoms with Crippen LogP contribution in [0.1, 0.15) is 56.9 Å². The van der Waals surface area contributed by atoms with Gasteiger partial charge >= 0.3 is 0 Å². The van der Waals surface area contributed by atoms with Crippen molar-refractivity contribution >= 4 is 21.8 Å². The first kappa shape index (κ1) is 21.6. The quantitative estimate of drug-likeness (QED) is 0.638. The third kappa shape index (κ3) is 5.14. The zero-order valence-corrected chi connectivity index (χ0v) is 19.6. The van der Waals surface area contributed by atoms with Gasteiger partial charge in [0.15, 0.2) is 0 Å². The number of carbonyl (C=O) groups excluding carboxylic acids is 1. The molecule has 1 aromatic carbocycles. The van der Waals surface area contributed by atoms with E-state index in [4.69, 9.17) is 9.40 Å². The summed E-state index contributed by atoms with van der Waals surface area (Å²) in [7, 11) is 0. The Hall–Kier alpha value is -1.66. The van der Waals surface area contributed by atoms with Crippen LogP contribution in [0.15, 0.2) is 33.2 Å². The number of nitrogens with zero attached hydrogens (tertiary/aromatic N) is 2. The number of aromatic nitrogens is 1. The molecule has 1 aliphatic heterocycles. The van der Waals surface area contributed by atoms with E-state index in [1.807, 2.05) is 31.2 Å². The standard InChI is InChI=1S/C24H32BrN3O2/c1-16-6-3-4-9-21(16)26-23(29)18-10-12-28(13-11-18)15-22-17(2)30-24(27-22)19-7-5-8-20(25)14-19/h5,7-8,14,16,18,21H,3-4,6,9-13,15H2,1-2H3,(H,26,29)/t16-,21-/m1/s1. The van der Waals surface area contributed by atoms with Crippen molar-refractivity contribution in [2.75, 3.05) is 13.1 Å². The zero-order valence-electron chi connectivity index (χ0n) is 18.0. The number of oxazole rings is 1. The van der Waals surface area contributed by atoms with Crippen LogP contribution in [-0.4, -0.2) is 34.9 Å². The average molecular weight is 474 g/mol. The first-order valence-corrected chi connectivity index (χ1v) is 12.0. The molecule has 0 spiro atoms. The second kappa shape index (κ2) is 9.65. The lowest BCUT2D eigenvalue weighted by molar-refractivity contribution is -0.127. The minimum atomic E-state index is 0.144. The molecule has 1 aromatic heterocycles. The van der Waals surface area contributed by atoms with Gasteiger partial charge in [0.2, 0.25) is 11.8 Å². The summed E-state index contributed by atoms with van der Waals surface area (Å²) in [4.78, 5) is 19.9. The maximum atomic E-state index is 12.8. The molecule has 4 rings (SSSR count). The molecular weight excluding hydrogens is 442 g/mol. The van der Waals surface area contributed by atoms with Crippen molar-refractivity contribution in [1.82, 2.24) is 15.2 Å². The zero-order chi connectivity index (χ0) is 21.1. The topological polar surface area (TPSA) is 58.4 Å². The predicted octanol–water partition coefficient (Wildman–Crippen LogP) is 5.32. The third-order valence-electron chi connectivity index (χ3n) is 6.74. The minimum absolute atomic E-state index is 0.144. The van der Waals surface area contributed by atoms with Crippen LogP contribution >= 0.6 is 15.9 Å². The lowest BCUT2D eigenvalue weighted by Gasteiger charge is -2.34. The number of benzene rings is 1. The van der Waals surface area contributed by atoms with Gasteiger partial charge in [0.25, 0.3) is 0 Å². The van der Waals surface area contributed by atoms with Crippen molar-refractivity contribution in [3.63, 3.8) is 0 Å². The molecule has 162 valence electrons. The SMILES string of the molecule is Cc1oc(-c2cccc(Br)c2)nc1CN1CCC(C(=O)N[C@@H]2CCCC[C@H]2C)CC1. The molecule has 1 saturated heterocycles. The molecule has 1 saturated carbocycles. The van der Waals surface area contributed by atoms with E-state index in [1.165, 1.54) is 19.3 Å². The van der Waals surface area contributed by atoms with Crippen molar-refractivity contribution in [2.24, 2.45) is 11.8 Å². The molecule has 0 radical (unpaired) electrons. The van der Waals surface area contributed by atoms with Gasteiger partial charge in [-0.25, -0.2) is 4.98 Å². The van der Waals surface area contributed by atoms with Gasteiger partial charge in [-0.2, -0.15) is 0 Å². The first-order chi connectivity index (χ1) is 14.5. The normalized spacial score (nSPS) is 23.4. The fourth-order valence-electron chi connectivity index (χ4n) is 4.72. The Morgan fingerprint density at radius 3 is 2.73 bits per heavy atom. The summed E-state index contributed by atoms with van der Waals surface area (Å²) in [6.07, 6.45) is 6.76. The van der Waals surface area contributed by atoms with Crippen molar-refractivity contribution in [3.05, 3.63) is 40.2 Å². The highest BCUT2D eigenvalue weighted by atomic mass is 79.9. The molecule has 2 heterocycles. The highest BCUT2D eigenvalue weighted by Gasteiger charge is 2.29. The molecule has 1 amide bonds. The lowest BCUT2D eigenvalue weighted by atomic mass is 9.85. The molecule has 2 atom stereocenters. The summed E-state index contributed by atoms with van der Waals surface area (Å²) in [5.41, 5.74) is 1.97. The van der Waals surface area contributed by atoms with Crippen molar-refractivity contribution in [3.8, 4) is 11.5 Å².